The Morgan fingerprint density at radius 1 is 1.10 bits per heavy atom. The highest BCUT2D eigenvalue weighted by molar-refractivity contribution is 7.99. The molecule has 0 aliphatic heterocycles. The van der Waals surface area contributed by atoms with E-state index in [1.807, 2.05) is 67.1 Å². The lowest BCUT2D eigenvalue weighted by Gasteiger charge is -2.10. The molecule has 1 atom stereocenters. The van der Waals surface area contributed by atoms with Gasteiger partial charge >= 0.3 is 0 Å². The van der Waals surface area contributed by atoms with E-state index in [4.69, 9.17) is 4.42 Å². The first-order valence-corrected chi connectivity index (χ1v) is 10.0. The van der Waals surface area contributed by atoms with Crippen molar-refractivity contribution in [3.63, 3.8) is 0 Å². The quantitative estimate of drug-likeness (QED) is 0.450. The molecule has 144 valence electrons. The molecule has 5 aromatic rings. The summed E-state index contributed by atoms with van der Waals surface area (Å²) in [6, 6.07) is 17.1. The highest BCUT2D eigenvalue weighted by Crippen LogP contribution is 2.34. The minimum absolute atomic E-state index is 0.112. The molecule has 5 rings (SSSR count). The van der Waals surface area contributed by atoms with Crippen molar-refractivity contribution in [2.45, 2.75) is 17.3 Å². The Balaban J connectivity index is 1.46. The Morgan fingerprint density at radius 3 is 2.76 bits per heavy atom. The van der Waals surface area contributed by atoms with E-state index in [0.29, 0.717) is 33.5 Å². The molecule has 3 heterocycles. The van der Waals surface area contributed by atoms with Crippen molar-refractivity contribution in [2.24, 2.45) is 7.05 Å². The summed E-state index contributed by atoms with van der Waals surface area (Å²) in [5.41, 5.74) is 1.35. The smallest absolute Gasteiger partial charge is 0.258 e. The van der Waals surface area contributed by atoms with Gasteiger partial charge in [0.05, 0.1) is 16.2 Å². The number of hydrogen-bond acceptors (Lipinski definition) is 6. The molecule has 0 saturated heterocycles. The summed E-state index contributed by atoms with van der Waals surface area (Å²) in [6.45, 7) is 1.98. The molecule has 2 aromatic carbocycles. The second-order valence-corrected chi connectivity index (χ2v) is 8.05. The van der Waals surface area contributed by atoms with Crippen LogP contribution in [0.4, 0.5) is 0 Å². The molecule has 0 aliphatic carbocycles. The van der Waals surface area contributed by atoms with Crippen molar-refractivity contribution >= 4 is 33.6 Å². The van der Waals surface area contributed by atoms with Crippen LogP contribution in [0, 0.1) is 0 Å². The molecule has 0 amide bonds. The van der Waals surface area contributed by atoms with E-state index in [-0.39, 0.29) is 10.8 Å². The summed E-state index contributed by atoms with van der Waals surface area (Å²) >= 11 is 1.48. The molecule has 0 aliphatic rings. The van der Waals surface area contributed by atoms with Gasteiger partial charge < -0.3 is 14.0 Å². The second kappa shape index (κ2) is 6.89. The minimum atomic E-state index is -0.140. The first kappa shape index (κ1) is 17.7. The molecule has 1 N–H and O–H groups in total. The van der Waals surface area contributed by atoms with Gasteiger partial charge in [-0.3, -0.25) is 4.79 Å². The standard InChI is InChI=1S/C21H17N5O2S/c1-12(18-22-15-9-5-4-8-14(15)20(27)23-18)29-21-25-24-19(26(21)2)17-11-13-7-3-6-10-16(13)28-17/h3-12H,1-2H3,(H,22,23,27)/t12-/m1/s1. The van der Waals surface area contributed by atoms with Crippen LogP contribution in [0.2, 0.25) is 0 Å². The Hall–Kier alpha value is -3.39. The van der Waals surface area contributed by atoms with Crippen LogP contribution in [-0.4, -0.2) is 24.7 Å². The van der Waals surface area contributed by atoms with E-state index < -0.39 is 0 Å². The largest absolute Gasteiger partial charge is 0.453 e. The van der Waals surface area contributed by atoms with Gasteiger partial charge in [0.2, 0.25) is 0 Å². The van der Waals surface area contributed by atoms with E-state index in [2.05, 4.69) is 20.2 Å². The number of aromatic amines is 1. The number of benzene rings is 2. The van der Waals surface area contributed by atoms with Gasteiger partial charge in [-0.2, -0.15) is 0 Å². The van der Waals surface area contributed by atoms with E-state index in [1.54, 1.807) is 6.07 Å². The van der Waals surface area contributed by atoms with Gasteiger partial charge in [-0.05, 0) is 31.2 Å². The van der Waals surface area contributed by atoms with Crippen molar-refractivity contribution in [1.29, 1.82) is 0 Å². The van der Waals surface area contributed by atoms with Gasteiger partial charge in [0.15, 0.2) is 16.7 Å². The Morgan fingerprint density at radius 2 is 1.90 bits per heavy atom. The highest BCUT2D eigenvalue weighted by Gasteiger charge is 2.19. The minimum Gasteiger partial charge on any atom is -0.453 e. The number of rotatable bonds is 4. The molecular formula is C21H17N5O2S. The number of thioether (sulfide) groups is 1. The van der Waals surface area contributed by atoms with Crippen molar-refractivity contribution in [2.75, 3.05) is 0 Å². The van der Waals surface area contributed by atoms with E-state index in [9.17, 15) is 4.79 Å². The van der Waals surface area contributed by atoms with E-state index in [1.165, 1.54) is 11.8 Å². The first-order chi connectivity index (χ1) is 14.1. The number of H-pyrrole nitrogens is 1. The second-order valence-electron chi connectivity index (χ2n) is 6.74. The lowest BCUT2D eigenvalue weighted by molar-refractivity contribution is 0.618. The van der Waals surface area contributed by atoms with Gasteiger partial charge in [0.25, 0.3) is 5.56 Å². The van der Waals surface area contributed by atoms with E-state index >= 15 is 0 Å². The highest BCUT2D eigenvalue weighted by atomic mass is 32.2. The molecule has 0 fully saturated rings. The summed E-state index contributed by atoms with van der Waals surface area (Å²) < 4.78 is 7.80. The SMILES string of the molecule is C[C@@H](Sc1nnc(-c2cc3ccccc3o2)n1C)c1nc2ccccc2c(=O)[nH]1. The van der Waals surface area contributed by atoms with Crippen LogP contribution in [0.5, 0.6) is 0 Å². The first-order valence-electron chi connectivity index (χ1n) is 9.14. The Labute approximate surface area is 169 Å². The molecule has 0 spiro atoms. The molecule has 8 heteroatoms. The lowest BCUT2D eigenvalue weighted by atomic mass is 10.2. The zero-order valence-electron chi connectivity index (χ0n) is 15.8. The van der Waals surface area contributed by atoms with Crippen LogP contribution in [-0.2, 0) is 7.05 Å². The Kier molecular flexibility index (Phi) is 4.21. The predicted octanol–water partition coefficient (Wildman–Crippen LogP) is 4.32. The van der Waals surface area contributed by atoms with E-state index in [0.717, 1.165) is 11.0 Å². The monoisotopic (exact) mass is 403 g/mol. The van der Waals surface area contributed by atoms with Crippen LogP contribution < -0.4 is 5.56 Å². The summed E-state index contributed by atoms with van der Waals surface area (Å²) in [7, 11) is 1.90. The molecule has 3 aromatic heterocycles. The van der Waals surface area contributed by atoms with Gasteiger partial charge in [-0.25, -0.2) is 4.98 Å². The maximum Gasteiger partial charge on any atom is 0.258 e. The normalized spacial score (nSPS) is 12.6. The fourth-order valence-electron chi connectivity index (χ4n) is 3.24. The molecule has 0 unspecified atom stereocenters. The molecule has 0 bridgehead atoms. The Bertz CT molecular complexity index is 1370. The maximum atomic E-state index is 12.3. The van der Waals surface area contributed by atoms with Crippen molar-refractivity contribution in [1.82, 2.24) is 24.7 Å². The molecular weight excluding hydrogens is 386 g/mol. The lowest BCUT2D eigenvalue weighted by Crippen LogP contribution is -2.13. The van der Waals surface area contributed by atoms with Crippen LogP contribution in [0.1, 0.15) is 18.0 Å². The summed E-state index contributed by atoms with van der Waals surface area (Å²) in [4.78, 5) is 19.8. The zero-order chi connectivity index (χ0) is 20.0. The van der Waals surface area contributed by atoms with Gasteiger partial charge in [0, 0.05) is 12.4 Å². The number of aromatic nitrogens is 5. The molecule has 7 nitrogen and oxygen atoms in total. The van der Waals surface area contributed by atoms with Gasteiger partial charge in [-0.1, -0.05) is 42.1 Å². The summed E-state index contributed by atoms with van der Waals surface area (Å²) in [5.74, 6) is 1.92. The predicted molar refractivity (Wildman–Crippen MR) is 113 cm³/mol. The maximum absolute atomic E-state index is 12.3. The fraction of sp³-hybridized carbons (Fsp3) is 0.143. The summed E-state index contributed by atoms with van der Waals surface area (Å²) in [5, 5.41) is 10.8. The van der Waals surface area contributed by atoms with Crippen molar-refractivity contribution < 1.29 is 4.42 Å². The summed E-state index contributed by atoms with van der Waals surface area (Å²) in [6.07, 6.45) is 0. The molecule has 0 saturated carbocycles. The zero-order valence-corrected chi connectivity index (χ0v) is 16.6. The van der Waals surface area contributed by atoms with Crippen molar-refractivity contribution in [3.8, 4) is 11.6 Å². The number of para-hydroxylation sites is 2. The van der Waals surface area contributed by atoms with Crippen molar-refractivity contribution in [3.05, 3.63) is 70.8 Å². The van der Waals surface area contributed by atoms with Crippen LogP contribution >= 0.6 is 11.8 Å². The number of nitrogens with one attached hydrogen (secondary N) is 1. The third kappa shape index (κ3) is 3.11. The number of hydrogen-bond donors (Lipinski definition) is 1. The molecule has 29 heavy (non-hydrogen) atoms. The number of fused-ring (bicyclic) bond motifs is 2. The van der Waals surface area contributed by atoms with Crippen LogP contribution in [0.25, 0.3) is 33.5 Å². The van der Waals surface area contributed by atoms with Gasteiger partial charge in [-0.15, -0.1) is 10.2 Å². The fourth-order valence-corrected chi connectivity index (χ4v) is 4.11. The van der Waals surface area contributed by atoms with Crippen LogP contribution in [0.15, 0.2) is 69.0 Å². The average molecular weight is 403 g/mol. The number of nitrogens with zero attached hydrogens (tertiary/aromatic N) is 4. The third-order valence-corrected chi connectivity index (χ3v) is 5.92. The van der Waals surface area contributed by atoms with Crippen LogP contribution in [0.3, 0.4) is 0 Å². The average Bonchev–Trinajstić information content (AvgIpc) is 3.31. The van der Waals surface area contributed by atoms with Gasteiger partial charge in [0.1, 0.15) is 11.4 Å². The number of furan rings is 1. The molecule has 0 radical (unpaired) electrons. The third-order valence-electron chi connectivity index (χ3n) is 4.78. The topological polar surface area (TPSA) is 89.6 Å².